The Morgan fingerprint density at radius 2 is 1.88 bits per heavy atom. The van der Waals surface area contributed by atoms with E-state index in [1.807, 2.05) is 4.72 Å². The van der Waals surface area contributed by atoms with Crippen LogP contribution in [-0.2, 0) is 10.0 Å². The van der Waals surface area contributed by atoms with E-state index in [0.29, 0.717) is 10.4 Å². The zero-order valence-corrected chi connectivity index (χ0v) is 14.4. The van der Waals surface area contributed by atoms with Crippen molar-refractivity contribution in [3.05, 3.63) is 68.0 Å². The lowest BCUT2D eigenvalue weighted by atomic mass is 10.2. The van der Waals surface area contributed by atoms with Crippen LogP contribution in [-0.4, -0.2) is 13.3 Å². The molecular weight excluding hydrogens is 386 g/mol. The average molecular weight is 396 g/mol. The number of hydrogen-bond donors (Lipinski definition) is 2. The van der Waals surface area contributed by atoms with Gasteiger partial charge >= 0.3 is 5.63 Å². The van der Waals surface area contributed by atoms with Gasteiger partial charge in [-0.15, -0.1) is 0 Å². The first-order valence-corrected chi connectivity index (χ1v) is 8.83. The third kappa shape index (κ3) is 3.32. The van der Waals surface area contributed by atoms with Gasteiger partial charge in [-0.05, 0) is 36.4 Å². The summed E-state index contributed by atoms with van der Waals surface area (Å²) in [5.74, 6) is 0. The second kappa shape index (κ2) is 6.32. The highest BCUT2D eigenvalue weighted by atomic mass is 35.5. The molecular formula is C15H10ClN3O6S. The summed E-state index contributed by atoms with van der Waals surface area (Å²) in [7, 11) is -4.45. The number of halogens is 1. The Hall–Kier alpha value is -3.11. The molecule has 0 aliphatic rings. The monoisotopic (exact) mass is 395 g/mol. The van der Waals surface area contributed by atoms with E-state index >= 15 is 0 Å². The maximum absolute atomic E-state index is 12.5. The summed E-state index contributed by atoms with van der Waals surface area (Å²) in [6.45, 7) is 0. The van der Waals surface area contributed by atoms with E-state index in [1.165, 1.54) is 30.3 Å². The quantitative estimate of drug-likeness (QED) is 0.299. The second-order valence-electron chi connectivity index (χ2n) is 5.22. The number of benzene rings is 2. The first-order valence-electron chi connectivity index (χ1n) is 6.97. The minimum absolute atomic E-state index is 0.0236. The molecule has 0 saturated heterocycles. The minimum atomic E-state index is -4.45. The van der Waals surface area contributed by atoms with E-state index in [0.717, 1.165) is 12.1 Å². The van der Waals surface area contributed by atoms with Crippen LogP contribution >= 0.6 is 11.6 Å². The number of nitrogens with one attached hydrogen (secondary N) is 1. The largest absolute Gasteiger partial charge is 0.421 e. The smallest absolute Gasteiger partial charge is 0.360 e. The number of nitro groups is 1. The molecule has 0 spiro atoms. The second-order valence-corrected chi connectivity index (χ2v) is 7.31. The number of sulfonamides is 1. The van der Waals surface area contributed by atoms with Crippen molar-refractivity contribution in [2.75, 3.05) is 10.5 Å². The highest BCUT2D eigenvalue weighted by Crippen LogP contribution is 2.28. The summed E-state index contributed by atoms with van der Waals surface area (Å²) >= 11 is 5.86. The molecule has 3 N–H and O–H groups in total. The lowest BCUT2D eigenvalue weighted by Crippen LogP contribution is -2.19. The molecule has 0 saturated carbocycles. The molecule has 3 rings (SSSR count). The molecule has 0 aliphatic heterocycles. The van der Waals surface area contributed by atoms with Crippen LogP contribution in [0.3, 0.4) is 0 Å². The van der Waals surface area contributed by atoms with Gasteiger partial charge in [-0.25, -0.2) is 13.2 Å². The van der Waals surface area contributed by atoms with Crippen LogP contribution < -0.4 is 16.1 Å². The molecule has 0 bridgehead atoms. The van der Waals surface area contributed by atoms with E-state index in [4.69, 9.17) is 21.8 Å². The summed E-state index contributed by atoms with van der Waals surface area (Å²) in [6.07, 6.45) is 0. The van der Waals surface area contributed by atoms with Gasteiger partial charge in [-0.3, -0.25) is 14.8 Å². The summed E-state index contributed by atoms with van der Waals surface area (Å²) in [5, 5.41) is 11.8. The van der Waals surface area contributed by atoms with Gasteiger partial charge in [0.25, 0.3) is 15.7 Å². The predicted octanol–water partition coefficient (Wildman–Crippen LogP) is 2.74. The van der Waals surface area contributed by atoms with Gasteiger partial charge in [-0.1, -0.05) is 11.6 Å². The first-order chi connectivity index (χ1) is 12.2. The van der Waals surface area contributed by atoms with Crippen LogP contribution in [0.4, 0.5) is 17.1 Å². The highest BCUT2D eigenvalue weighted by molar-refractivity contribution is 7.92. The SMILES string of the molecule is Nc1ccc(S(=O)(=O)Nc2cc3cc(Cl)ccc3oc2=O)c([N+](=O)[O-])c1. The summed E-state index contributed by atoms with van der Waals surface area (Å²) in [6, 6.07) is 8.77. The average Bonchev–Trinajstić information content (AvgIpc) is 2.55. The fourth-order valence-corrected chi connectivity index (χ4v) is 3.65. The van der Waals surface area contributed by atoms with Crippen LogP contribution in [0.1, 0.15) is 0 Å². The van der Waals surface area contributed by atoms with Gasteiger partial charge in [0, 0.05) is 22.2 Å². The molecule has 3 aromatic rings. The van der Waals surface area contributed by atoms with Crippen molar-refractivity contribution < 1.29 is 17.8 Å². The maximum atomic E-state index is 12.5. The third-order valence-corrected chi connectivity index (χ3v) is 5.06. The third-order valence-electron chi connectivity index (χ3n) is 3.41. The number of fused-ring (bicyclic) bond motifs is 1. The fraction of sp³-hybridized carbons (Fsp3) is 0. The Morgan fingerprint density at radius 1 is 1.15 bits per heavy atom. The molecule has 0 unspecified atom stereocenters. The van der Waals surface area contributed by atoms with Crippen molar-refractivity contribution in [1.82, 2.24) is 0 Å². The molecule has 0 aliphatic carbocycles. The van der Waals surface area contributed by atoms with Crippen LogP contribution in [0.25, 0.3) is 11.0 Å². The van der Waals surface area contributed by atoms with Crippen molar-refractivity contribution in [2.24, 2.45) is 0 Å². The van der Waals surface area contributed by atoms with Gasteiger partial charge in [0.15, 0.2) is 4.90 Å². The Labute approximate surface area is 151 Å². The molecule has 1 aromatic heterocycles. The summed E-state index contributed by atoms with van der Waals surface area (Å²) in [4.78, 5) is 21.6. The zero-order valence-electron chi connectivity index (χ0n) is 12.8. The van der Waals surface area contributed by atoms with Crippen molar-refractivity contribution in [3.63, 3.8) is 0 Å². The van der Waals surface area contributed by atoms with E-state index in [-0.39, 0.29) is 11.3 Å². The molecule has 0 atom stereocenters. The van der Waals surface area contributed by atoms with Gasteiger partial charge in [0.05, 0.1) is 4.92 Å². The Bertz CT molecular complexity index is 1210. The van der Waals surface area contributed by atoms with E-state index in [9.17, 15) is 23.3 Å². The molecule has 0 radical (unpaired) electrons. The molecule has 134 valence electrons. The molecule has 11 heteroatoms. The summed E-state index contributed by atoms with van der Waals surface area (Å²) < 4.78 is 32.1. The fourth-order valence-electron chi connectivity index (χ4n) is 2.27. The Morgan fingerprint density at radius 3 is 2.58 bits per heavy atom. The van der Waals surface area contributed by atoms with Crippen molar-refractivity contribution >= 4 is 49.7 Å². The first kappa shape index (κ1) is 17.7. The molecule has 2 aromatic carbocycles. The lowest BCUT2D eigenvalue weighted by Gasteiger charge is -2.09. The van der Waals surface area contributed by atoms with Crippen LogP contribution in [0.2, 0.25) is 5.02 Å². The van der Waals surface area contributed by atoms with Gasteiger partial charge < -0.3 is 10.2 Å². The van der Waals surface area contributed by atoms with Gasteiger partial charge in [-0.2, -0.15) is 0 Å². The normalized spacial score (nSPS) is 11.4. The van der Waals surface area contributed by atoms with Crippen molar-refractivity contribution in [3.8, 4) is 0 Å². The maximum Gasteiger partial charge on any atom is 0.360 e. The van der Waals surface area contributed by atoms with Gasteiger partial charge in [0.2, 0.25) is 0 Å². The molecule has 9 nitrogen and oxygen atoms in total. The summed E-state index contributed by atoms with van der Waals surface area (Å²) in [5.41, 5.74) is 3.61. The van der Waals surface area contributed by atoms with Crippen LogP contribution in [0, 0.1) is 10.1 Å². The predicted molar refractivity (Wildman–Crippen MR) is 95.8 cm³/mol. The standard InChI is InChI=1S/C15H10ClN3O6S/c16-9-1-3-13-8(5-9)6-11(15(20)25-13)18-26(23,24)14-4-2-10(17)7-12(14)19(21)22/h1-7,18H,17H2. The van der Waals surface area contributed by atoms with E-state index in [2.05, 4.69) is 0 Å². The number of nitrogen functional groups attached to an aromatic ring is 1. The number of anilines is 2. The molecule has 1 heterocycles. The van der Waals surface area contributed by atoms with Crippen molar-refractivity contribution in [1.29, 1.82) is 0 Å². The van der Waals surface area contributed by atoms with Crippen LogP contribution in [0.5, 0.6) is 0 Å². The Kier molecular flexibility index (Phi) is 4.30. The highest BCUT2D eigenvalue weighted by Gasteiger charge is 2.27. The number of nitro benzene ring substituents is 1. The van der Waals surface area contributed by atoms with E-state index < -0.39 is 36.8 Å². The topological polar surface area (TPSA) is 146 Å². The molecule has 26 heavy (non-hydrogen) atoms. The molecule has 0 amide bonds. The van der Waals surface area contributed by atoms with Crippen LogP contribution in [0.15, 0.2) is 56.6 Å². The lowest BCUT2D eigenvalue weighted by molar-refractivity contribution is -0.387. The zero-order chi connectivity index (χ0) is 19.1. The van der Waals surface area contributed by atoms with E-state index in [1.54, 1.807) is 0 Å². The number of nitrogens with two attached hydrogens (primary N) is 1. The van der Waals surface area contributed by atoms with Crippen molar-refractivity contribution in [2.45, 2.75) is 4.90 Å². The number of hydrogen-bond acceptors (Lipinski definition) is 7. The number of rotatable bonds is 4. The molecule has 0 fully saturated rings. The number of nitrogens with zero attached hydrogens (tertiary/aromatic N) is 1. The Balaban J connectivity index is 2.11. The van der Waals surface area contributed by atoms with Gasteiger partial charge in [0.1, 0.15) is 11.3 Å². The minimum Gasteiger partial charge on any atom is -0.421 e.